The second kappa shape index (κ2) is 6.79. The van der Waals surface area contributed by atoms with Crippen LogP contribution in [0.3, 0.4) is 0 Å². The van der Waals surface area contributed by atoms with Crippen LogP contribution in [0, 0.1) is 0 Å². The van der Waals surface area contributed by atoms with Crippen LogP contribution in [-0.4, -0.2) is 38.8 Å². The van der Waals surface area contributed by atoms with Crippen LogP contribution in [0.15, 0.2) is 71.6 Å². The van der Waals surface area contributed by atoms with Gasteiger partial charge >= 0.3 is 0 Å². The van der Waals surface area contributed by atoms with Gasteiger partial charge in [-0.25, -0.2) is 8.42 Å². The molecule has 0 saturated carbocycles. The van der Waals surface area contributed by atoms with Gasteiger partial charge in [0.2, 0.25) is 15.9 Å². The van der Waals surface area contributed by atoms with Crippen LogP contribution in [0.25, 0.3) is 10.8 Å². The summed E-state index contributed by atoms with van der Waals surface area (Å²) in [5.41, 5.74) is 1.99. The minimum Gasteiger partial charge on any atom is -0.311 e. The first kappa shape index (κ1) is 17.7. The van der Waals surface area contributed by atoms with E-state index < -0.39 is 10.0 Å². The molecule has 1 amide bonds. The molecule has 0 atom stereocenters. The summed E-state index contributed by atoms with van der Waals surface area (Å²) in [6.45, 7) is 0.394. The van der Waals surface area contributed by atoms with E-state index in [1.807, 2.05) is 48.5 Å². The maximum Gasteiger partial charge on any atom is 0.243 e. The van der Waals surface area contributed by atoms with Crippen molar-refractivity contribution in [1.29, 1.82) is 0 Å². The van der Waals surface area contributed by atoms with Gasteiger partial charge in [0.1, 0.15) is 0 Å². The van der Waals surface area contributed by atoms with Crippen LogP contribution in [0.2, 0.25) is 0 Å². The van der Waals surface area contributed by atoms with E-state index in [0.29, 0.717) is 6.54 Å². The third kappa shape index (κ3) is 3.22. The highest BCUT2D eigenvalue weighted by atomic mass is 32.2. The molecule has 1 aliphatic heterocycles. The Hall–Kier alpha value is -2.70. The number of para-hydroxylation sites is 1. The van der Waals surface area contributed by atoms with Gasteiger partial charge in [-0.05, 0) is 41.0 Å². The summed E-state index contributed by atoms with van der Waals surface area (Å²) in [5, 5.41) is 1.83. The zero-order valence-electron chi connectivity index (χ0n) is 15.0. The number of hydrogen-bond acceptors (Lipinski definition) is 3. The molecule has 0 spiro atoms. The first-order valence-corrected chi connectivity index (χ1v) is 10.2. The lowest BCUT2D eigenvalue weighted by atomic mass is 10.1. The minimum absolute atomic E-state index is 0.191. The van der Waals surface area contributed by atoms with Gasteiger partial charge in [-0.1, -0.05) is 48.5 Å². The Kier molecular flexibility index (Phi) is 4.45. The number of anilines is 1. The summed E-state index contributed by atoms with van der Waals surface area (Å²) in [6, 6.07) is 20.4. The van der Waals surface area contributed by atoms with Gasteiger partial charge < -0.3 is 4.90 Å². The smallest absolute Gasteiger partial charge is 0.243 e. The molecule has 0 radical (unpaired) electrons. The molecule has 138 valence electrons. The van der Waals surface area contributed by atoms with E-state index in [-0.39, 0.29) is 17.3 Å². The van der Waals surface area contributed by atoms with Gasteiger partial charge in [-0.2, -0.15) is 4.31 Å². The lowest BCUT2D eigenvalue weighted by molar-refractivity contribution is -0.118. The lowest BCUT2D eigenvalue weighted by Crippen LogP contribution is -2.40. The van der Waals surface area contributed by atoms with Crippen LogP contribution in [0.5, 0.6) is 0 Å². The van der Waals surface area contributed by atoms with Crippen molar-refractivity contribution in [3.63, 3.8) is 0 Å². The quantitative estimate of drug-likeness (QED) is 0.699. The van der Waals surface area contributed by atoms with Crippen LogP contribution in [0.4, 0.5) is 5.69 Å². The van der Waals surface area contributed by atoms with E-state index in [2.05, 4.69) is 0 Å². The first-order chi connectivity index (χ1) is 13.0. The molecule has 1 heterocycles. The van der Waals surface area contributed by atoms with Crippen LogP contribution < -0.4 is 4.90 Å². The molecular weight excluding hydrogens is 360 g/mol. The lowest BCUT2D eigenvalue weighted by Gasteiger charge is -2.22. The number of likely N-dealkylation sites (N-methyl/N-ethyl adjacent to an activating group) is 1. The molecule has 0 saturated heterocycles. The van der Waals surface area contributed by atoms with Crippen LogP contribution in [0.1, 0.15) is 5.56 Å². The number of amides is 1. The maximum atomic E-state index is 12.9. The summed E-state index contributed by atoms with van der Waals surface area (Å²) in [5.74, 6) is -0.216. The van der Waals surface area contributed by atoms with Gasteiger partial charge in [-0.3, -0.25) is 4.79 Å². The highest BCUT2D eigenvalue weighted by molar-refractivity contribution is 7.89. The average Bonchev–Trinajstić information content (AvgIpc) is 3.11. The fourth-order valence-corrected chi connectivity index (χ4v) is 4.62. The van der Waals surface area contributed by atoms with E-state index in [1.54, 1.807) is 23.1 Å². The number of benzene rings is 3. The molecule has 1 aliphatic rings. The fourth-order valence-electron chi connectivity index (χ4n) is 3.47. The average molecular weight is 380 g/mol. The predicted octanol–water partition coefficient (Wildman–Crippen LogP) is 3.05. The van der Waals surface area contributed by atoms with Gasteiger partial charge in [0, 0.05) is 19.3 Å². The molecule has 0 bridgehead atoms. The van der Waals surface area contributed by atoms with Gasteiger partial charge in [0.15, 0.2) is 0 Å². The molecule has 0 unspecified atom stereocenters. The van der Waals surface area contributed by atoms with E-state index in [9.17, 15) is 13.2 Å². The summed E-state index contributed by atoms with van der Waals surface area (Å²) in [7, 11) is -2.30. The molecule has 4 rings (SSSR count). The van der Waals surface area contributed by atoms with E-state index in [4.69, 9.17) is 0 Å². The molecule has 0 N–H and O–H groups in total. The number of fused-ring (bicyclic) bond motifs is 2. The first-order valence-electron chi connectivity index (χ1n) is 8.80. The second-order valence-electron chi connectivity index (χ2n) is 6.69. The molecule has 0 aliphatic carbocycles. The molecule has 6 heteroatoms. The summed E-state index contributed by atoms with van der Waals surface area (Å²) in [4.78, 5) is 14.6. The van der Waals surface area contributed by atoms with Crippen molar-refractivity contribution >= 4 is 32.4 Å². The topological polar surface area (TPSA) is 57.7 Å². The van der Waals surface area contributed by atoms with Crippen molar-refractivity contribution in [2.75, 3.05) is 25.0 Å². The number of carbonyl (C=O) groups is 1. The fraction of sp³-hybridized carbons (Fsp3) is 0.190. The SMILES string of the molecule is CN(CC(=O)N1CCc2ccccc21)S(=O)(=O)c1ccc2ccccc2c1. The normalized spacial score (nSPS) is 13.9. The Morgan fingerprint density at radius 1 is 1.00 bits per heavy atom. The summed E-state index contributed by atoms with van der Waals surface area (Å²) in [6.07, 6.45) is 0.795. The second-order valence-corrected chi connectivity index (χ2v) is 8.74. The maximum absolute atomic E-state index is 12.9. The van der Waals surface area contributed by atoms with E-state index in [1.165, 1.54) is 7.05 Å². The standard InChI is InChI=1S/C21H20N2O3S/c1-22(15-21(24)23-13-12-17-7-4-5-9-20(17)23)27(25,26)19-11-10-16-6-2-3-8-18(16)14-19/h2-11,14H,12-13,15H2,1H3. The highest BCUT2D eigenvalue weighted by Crippen LogP contribution is 2.28. The van der Waals surface area contributed by atoms with Crippen molar-refractivity contribution in [2.24, 2.45) is 0 Å². The third-order valence-corrected chi connectivity index (χ3v) is 6.77. The molecule has 0 fully saturated rings. The molecule has 3 aromatic carbocycles. The number of carbonyl (C=O) groups excluding carboxylic acids is 1. The molecule has 0 aromatic heterocycles. The number of nitrogens with zero attached hydrogens (tertiary/aromatic N) is 2. The molecule has 5 nitrogen and oxygen atoms in total. The van der Waals surface area contributed by atoms with Gasteiger partial charge in [-0.15, -0.1) is 0 Å². The zero-order valence-corrected chi connectivity index (χ0v) is 15.8. The Balaban J connectivity index is 1.56. The van der Waals surface area contributed by atoms with Gasteiger partial charge in [0.05, 0.1) is 11.4 Å². The molecule has 3 aromatic rings. The number of hydrogen-bond donors (Lipinski definition) is 0. The predicted molar refractivity (Wildman–Crippen MR) is 106 cm³/mol. The van der Waals surface area contributed by atoms with E-state index in [0.717, 1.165) is 32.7 Å². The van der Waals surface area contributed by atoms with Crippen molar-refractivity contribution in [1.82, 2.24) is 4.31 Å². The van der Waals surface area contributed by atoms with Crippen molar-refractivity contribution in [3.8, 4) is 0 Å². The number of sulfonamides is 1. The van der Waals surface area contributed by atoms with Crippen LogP contribution >= 0.6 is 0 Å². The molecular formula is C21H20N2O3S. The molecule has 27 heavy (non-hydrogen) atoms. The third-order valence-electron chi connectivity index (χ3n) is 4.98. The van der Waals surface area contributed by atoms with E-state index >= 15 is 0 Å². The monoisotopic (exact) mass is 380 g/mol. The van der Waals surface area contributed by atoms with Crippen molar-refractivity contribution in [2.45, 2.75) is 11.3 Å². The highest BCUT2D eigenvalue weighted by Gasteiger charge is 2.29. The Bertz CT molecular complexity index is 1120. The Morgan fingerprint density at radius 2 is 1.70 bits per heavy atom. The van der Waals surface area contributed by atoms with Crippen LogP contribution in [-0.2, 0) is 21.2 Å². The largest absolute Gasteiger partial charge is 0.311 e. The zero-order chi connectivity index (χ0) is 19.0. The number of rotatable bonds is 4. The van der Waals surface area contributed by atoms with Crippen molar-refractivity contribution in [3.05, 3.63) is 72.3 Å². The minimum atomic E-state index is -3.75. The van der Waals surface area contributed by atoms with Gasteiger partial charge in [0.25, 0.3) is 0 Å². The summed E-state index contributed by atoms with van der Waals surface area (Å²) >= 11 is 0. The Morgan fingerprint density at radius 3 is 2.52 bits per heavy atom. The Labute approximate surface area is 158 Å². The summed E-state index contributed by atoms with van der Waals surface area (Å²) < 4.78 is 27.0. The van der Waals surface area contributed by atoms with Crippen molar-refractivity contribution < 1.29 is 13.2 Å².